The molecule has 0 saturated heterocycles. The van der Waals surface area contributed by atoms with E-state index in [1.165, 1.54) is 61.4 Å². The van der Waals surface area contributed by atoms with Gasteiger partial charge in [-0.15, -0.1) is 0 Å². The van der Waals surface area contributed by atoms with Crippen molar-refractivity contribution < 1.29 is 4.79 Å². The average molecular weight is 479 g/mol. The molecular weight excluding hydrogens is 439 g/mol. The Balaban J connectivity index is 3.07. The quantitative estimate of drug-likeness (QED) is 0.325. The fourth-order valence-corrected chi connectivity index (χ4v) is 9.09. The van der Waals surface area contributed by atoms with E-state index < -0.39 is 21.1 Å². The van der Waals surface area contributed by atoms with Crippen LogP contribution >= 0.6 is 0 Å². The van der Waals surface area contributed by atoms with Gasteiger partial charge in [-0.1, -0.05) is 0 Å². The molecule has 0 spiro atoms. The van der Waals surface area contributed by atoms with Gasteiger partial charge in [-0.3, -0.25) is 0 Å². The van der Waals surface area contributed by atoms with Crippen LogP contribution in [0, 0.1) is 0 Å². The van der Waals surface area contributed by atoms with Crippen molar-refractivity contribution in [1.29, 1.82) is 0 Å². The van der Waals surface area contributed by atoms with E-state index in [2.05, 4.69) is 37.9 Å². The van der Waals surface area contributed by atoms with Crippen molar-refractivity contribution in [3.8, 4) is 0 Å². The van der Waals surface area contributed by atoms with Crippen LogP contribution in [0.25, 0.3) is 0 Å². The van der Waals surface area contributed by atoms with E-state index in [4.69, 9.17) is 0 Å². The number of carbonyl (C=O) groups excluding carboxylic acids is 1. The predicted octanol–water partition coefficient (Wildman–Crippen LogP) is 5.62. The van der Waals surface area contributed by atoms with Crippen molar-refractivity contribution in [1.82, 2.24) is 9.88 Å². The van der Waals surface area contributed by atoms with Crippen molar-refractivity contribution >= 4 is 30.6 Å². The number of rotatable bonds is 14. The molecule has 0 fully saturated rings. The zero-order valence-electron chi connectivity index (χ0n) is 18.3. The van der Waals surface area contributed by atoms with Crippen LogP contribution in [0.4, 0.5) is 0 Å². The van der Waals surface area contributed by atoms with Crippen molar-refractivity contribution in [3.63, 3.8) is 0 Å². The summed E-state index contributed by atoms with van der Waals surface area (Å²) in [4.78, 5) is 19.0. The summed E-state index contributed by atoms with van der Waals surface area (Å²) in [5.74, 6) is 0.0856. The SMILES string of the molecule is CCCC[C](CCCC)(CCCC)[Sn][c]1ccnc(C(=O)N(CC)CC)c1. The topological polar surface area (TPSA) is 33.2 Å². The first kappa shape index (κ1) is 24.5. The van der Waals surface area contributed by atoms with Gasteiger partial charge in [0.25, 0.3) is 0 Å². The first-order chi connectivity index (χ1) is 13.1. The molecule has 152 valence electrons. The Hall–Kier alpha value is -0.581. The molecule has 0 atom stereocenters. The predicted molar refractivity (Wildman–Crippen MR) is 118 cm³/mol. The van der Waals surface area contributed by atoms with E-state index >= 15 is 0 Å². The summed E-state index contributed by atoms with van der Waals surface area (Å²) in [7, 11) is 0. The summed E-state index contributed by atoms with van der Waals surface area (Å²) in [5.41, 5.74) is 0.646. The van der Waals surface area contributed by atoms with E-state index in [1.54, 1.807) is 0 Å². The number of hydrogen-bond donors (Lipinski definition) is 0. The minimum absolute atomic E-state index is 0.0856. The second-order valence-electron chi connectivity index (χ2n) is 7.62. The number of pyridine rings is 1. The summed E-state index contributed by atoms with van der Waals surface area (Å²) >= 11 is -0.812. The fraction of sp³-hybridized carbons (Fsp3) is 0.739. The number of hydrogen-bond acceptors (Lipinski definition) is 2. The van der Waals surface area contributed by atoms with Gasteiger partial charge in [0, 0.05) is 0 Å². The molecule has 0 N–H and O–H groups in total. The van der Waals surface area contributed by atoms with Crippen LogP contribution in [0.1, 0.15) is 103 Å². The summed E-state index contributed by atoms with van der Waals surface area (Å²) in [5, 5.41) is 0. The van der Waals surface area contributed by atoms with E-state index in [-0.39, 0.29) is 5.91 Å². The Morgan fingerprint density at radius 2 is 1.48 bits per heavy atom. The van der Waals surface area contributed by atoms with Crippen LogP contribution in [-0.2, 0) is 0 Å². The van der Waals surface area contributed by atoms with Crippen molar-refractivity contribution in [2.75, 3.05) is 13.1 Å². The second kappa shape index (κ2) is 13.6. The van der Waals surface area contributed by atoms with Gasteiger partial charge in [-0.25, -0.2) is 0 Å². The molecule has 1 rings (SSSR count). The van der Waals surface area contributed by atoms with Crippen LogP contribution in [0.2, 0.25) is 3.43 Å². The van der Waals surface area contributed by atoms with Gasteiger partial charge in [0.15, 0.2) is 0 Å². The second-order valence-corrected chi connectivity index (χ2v) is 13.0. The Kier molecular flexibility index (Phi) is 12.3. The average Bonchev–Trinajstić information content (AvgIpc) is 2.70. The third-order valence-corrected chi connectivity index (χ3v) is 10.8. The molecule has 1 amide bonds. The zero-order valence-corrected chi connectivity index (χ0v) is 21.2. The van der Waals surface area contributed by atoms with Gasteiger partial charge in [-0.05, 0) is 0 Å². The monoisotopic (exact) mass is 480 g/mol. The molecule has 1 aromatic rings. The third kappa shape index (κ3) is 8.13. The van der Waals surface area contributed by atoms with Crippen LogP contribution in [0.5, 0.6) is 0 Å². The van der Waals surface area contributed by atoms with Crippen LogP contribution in [0.15, 0.2) is 18.3 Å². The minimum atomic E-state index is -0.812. The van der Waals surface area contributed by atoms with Crippen molar-refractivity contribution in [2.24, 2.45) is 0 Å². The number of nitrogens with zero attached hydrogens (tertiary/aromatic N) is 2. The summed E-state index contributed by atoms with van der Waals surface area (Å²) < 4.78 is 2.00. The standard InChI is InChI=1S/C13H27.C10H13N2O.Sn/c1-4-7-10-13(11-8-5-2)12-9-6-3;1-3-12(4-2)10(13)9-7-5-6-8-11-9;/h4-12H2,1-3H3;6-8H,3-4H2,1-2H3;. The van der Waals surface area contributed by atoms with Gasteiger partial charge < -0.3 is 0 Å². The van der Waals surface area contributed by atoms with E-state index in [0.717, 1.165) is 13.1 Å². The molecule has 0 saturated carbocycles. The normalized spacial score (nSPS) is 11.6. The Labute approximate surface area is 177 Å². The first-order valence-corrected chi connectivity index (χ1v) is 13.9. The fourth-order valence-electron chi connectivity index (χ4n) is 3.71. The summed E-state index contributed by atoms with van der Waals surface area (Å²) in [6.07, 6.45) is 13.8. The molecule has 0 aliphatic carbocycles. The number of aromatic nitrogens is 1. The van der Waals surface area contributed by atoms with Gasteiger partial charge in [-0.2, -0.15) is 0 Å². The first-order valence-electron chi connectivity index (χ1n) is 11.1. The molecule has 0 aliphatic heterocycles. The van der Waals surface area contributed by atoms with E-state index in [9.17, 15) is 4.79 Å². The summed E-state index contributed by atoms with van der Waals surface area (Å²) in [6.45, 7) is 12.5. The van der Waals surface area contributed by atoms with E-state index in [1.807, 2.05) is 24.9 Å². The molecule has 0 aliphatic rings. The Bertz CT molecular complexity index is 521. The molecule has 0 bridgehead atoms. The maximum absolute atomic E-state index is 12.7. The van der Waals surface area contributed by atoms with Crippen LogP contribution < -0.4 is 3.58 Å². The molecule has 1 aromatic heterocycles. The molecule has 27 heavy (non-hydrogen) atoms. The maximum atomic E-state index is 12.7. The Morgan fingerprint density at radius 3 is 1.93 bits per heavy atom. The molecule has 1 heterocycles. The molecule has 2 radical (unpaired) electrons. The molecule has 0 aromatic carbocycles. The number of unbranched alkanes of at least 4 members (excludes halogenated alkanes) is 3. The zero-order chi connectivity index (χ0) is 20.1. The molecule has 4 heteroatoms. The summed E-state index contributed by atoms with van der Waals surface area (Å²) in [6, 6.07) is 4.33. The van der Waals surface area contributed by atoms with Crippen LogP contribution in [-0.4, -0.2) is 50.0 Å². The van der Waals surface area contributed by atoms with Crippen molar-refractivity contribution in [3.05, 3.63) is 24.0 Å². The van der Waals surface area contributed by atoms with Gasteiger partial charge in [0.05, 0.1) is 0 Å². The van der Waals surface area contributed by atoms with Crippen molar-refractivity contribution in [2.45, 2.75) is 95.8 Å². The van der Waals surface area contributed by atoms with Gasteiger partial charge in [0.1, 0.15) is 0 Å². The number of amides is 1. The molecular formula is C23H40N2OSn. The van der Waals surface area contributed by atoms with Gasteiger partial charge >= 0.3 is 178 Å². The van der Waals surface area contributed by atoms with Gasteiger partial charge in [0.2, 0.25) is 0 Å². The molecule has 0 unspecified atom stereocenters. The van der Waals surface area contributed by atoms with E-state index in [0.29, 0.717) is 9.12 Å². The molecule has 3 nitrogen and oxygen atoms in total. The third-order valence-electron chi connectivity index (χ3n) is 5.47. The van der Waals surface area contributed by atoms with Crippen LogP contribution in [0.3, 0.4) is 0 Å². The Morgan fingerprint density at radius 1 is 0.963 bits per heavy atom. The number of carbonyl (C=O) groups is 1.